The zero-order chi connectivity index (χ0) is 21.2. The maximum absolute atomic E-state index is 13.1. The predicted octanol–water partition coefficient (Wildman–Crippen LogP) is 1.98. The van der Waals surface area contributed by atoms with E-state index in [1.54, 1.807) is 20.8 Å². The molecule has 1 heterocycles. The second kappa shape index (κ2) is 7.68. The van der Waals surface area contributed by atoms with Crippen LogP contribution in [0.2, 0.25) is 0 Å². The van der Waals surface area contributed by atoms with Crippen molar-refractivity contribution in [3.05, 3.63) is 38.4 Å². The molecular weight excluding hydrogens is 374 g/mol. The van der Waals surface area contributed by atoms with Gasteiger partial charge < -0.3 is 0 Å². The number of rotatable bonds is 7. The average Bonchev–Trinajstić information content (AvgIpc) is 2.65. The lowest BCUT2D eigenvalue weighted by Crippen LogP contribution is -2.70. The van der Waals surface area contributed by atoms with Gasteiger partial charge in [-0.1, -0.05) is 5.01 Å². The van der Waals surface area contributed by atoms with Gasteiger partial charge >= 0.3 is 6.03 Å². The number of nitro benzene ring substituents is 2. The number of hydrogen-bond donors (Lipinski definition) is 0. The number of urea groups is 1. The summed E-state index contributed by atoms with van der Waals surface area (Å²) in [7, 11) is 0. The van der Waals surface area contributed by atoms with E-state index in [1.165, 1.54) is 0 Å². The summed E-state index contributed by atoms with van der Waals surface area (Å²) in [4.78, 5) is 59.2. The molecule has 1 fully saturated rings. The maximum Gasteiger partial charge on any atom is 0.383 e. The molecule has 2 rings (SSSR count). The minimum Gasteiger partial charge on any atom is -0.273 e. The maximum atomic E-state index is 13.1. The molecule has 12 heteroatoms. The van der Waals surface area contributed by atoms with Crippen molar-refractivity contribution in [1.29, 1.82) is 0 Å². The van der Waals surface area contributed by atoms with Gasteiger partial charge in [-0.3, -0.25) is 29.8 Å². The zero-order valence-corrected chi connectivity index (χ0v) is 15.7. The molecule has 1 aliphatic rings. The van der Waals surface area contributed by atoms with E-state index in [-0.39, 0.29) is 4.59 Å². The number of imide groups is 2. The van der Waals surface area contributed by atoms with Crippen LogP contribution >= 0.6 is 0 Å². The number of anilines is 1. The number of benzene rings is 1. The van der Waals surface area contributed by atoms with E-state index in [0.29, 0.717) is 30.6 Å². The van der Waals surface area contributed by atoms with Gasteiger partial charge in [0.15, 0.2) is 0 Å². The number of carbonyl (C=O) groups is 3. The number of non-ortho nitro benzene ring substituents is 1. The fraction of sp³-hybridized carbons (Fsp3) is 0.438. The summed E-state index contributed by atoms with van der Waals surface area (Å²) in [6, 6.07) is 1.60. The lowest BCUT2D eigenvalue weighted by Gasteiger charge is -2.45. The molecule has 0 N–H and O–H groups in total. The van der Waals surface area contributed by atoms with Crippen LogP contribution in [-0.2, 0) is 9.59 Å². The van der Waals surface area contributed by atoms with Crippen molar-refractivity contribution < 1.29 is 28.8 Å². The van der Waals surface area contributed by atoms with Crippen molar-refractivity contribution in [3.8, 4) is 0 Å². The number of nitrogens with zero attached hydrogens (tertiary/aromatic N) is 5. The molecule has 150 valence electrons. The van der Waals surface area contributed by atoms with E-state index >= 15 is 0 Å². The topological polar surface area (TPSA) is 144 Å². The molecule has 0 aromatic heterocycles. The Morgan fingerprint density at radius 3 is 2.00 bits per heavy atom. The first-order valence-electron chi connectivity index (χ1n) is 8.62. The fourth-order valence-corrected chi connectivity index (χ4v) is 3.30. The Morgan fingerprint density at radius 1 is 0.964 bits per heavy atom. The molecule has 0 saturated carbocycles. The van der Waals surface area contributed by atoms with Crippen molar-refractivity contribution in [2.45, 2.75) is 27.2 Å². The summed E-state index contributed by atoms with van der Waals surface area (Å²) in [5.41, 5.74) is -1.74. The monoisotopic (exact) mass is 394 g/mol. The highest BCUT2D eigenvalue weighted by Gasteiger charge is 2.50. The van der Waals surface area contributed by atoms with E-state index in [2.05, 4.69) is 0 Å². The first-order chi connectivity index (χ1) is 13.1. The van der Waals surface area contributed by atoms with Crippen LogP contribution in [0.5, 0.6) is 0 Å². The second-order valence-electron chi connectivity index (χ2n) is 6.13. The normalized spacial score (nSPS) is 15.2. The van der Waals surface area contributed by atoms with Crippen molar-refractivity contribution in [2.24, 2.45) is 0 Å². The van der Waals surface area contributed by atoms with Gasteiger partial charge in [0.25, 0.3) is 17.3 Å². The van der Waals surface area contributed by atoms with Crippen molar-refractivity contribution in [2.75, 3.05) is 24.5 Å². The average molecular weight is 394 g/mol. The van der Waals surface area contributed by atoms with E-state index in [9.17, 15) is 34.6 Å². The summed E-state index contributed by atoms with van der Waals surface area (Å²) in [6.45, 7) is 6.49. The van der Waals surface area contributed by atoms with Crippen molar-refractivity contribution in [1.82, 2.24) is 5.01 Å². The Hall–Kier alpha value is -3.41. The van der Waals surface area contributed by atoms with Gasteiger partial charge in [-0.15, -0.1) is 0 Å². The third-order valence-corrected chi connectivity index (χ3v) is 4.96. The van der Waals surface area contributed by atoms with Crippen LogP contribution in [0, 0.1) is 20.2 Å². The number of nitro groups is 2. The highest BCUT2D eigenvalue weighted by atomic mass is 16.6. The van der Waals surface area contributed by atoms with Crippen LogP contribution in [0.3, 0.4) is 0 Å². The number of carbonyl (C=O) groups excluding carboxylic acids is 3. The molecule has 28 heavy (non-hydrogen) atoms. The van der Waals surface area contributed by atoms with Crippen LogP contribution in [0.15, 0.2) is 18.2 Å². The highest BCUT2D eigenvalue weighted by molar-refractivity contribution is 6.26. The smallest absolute Gasteiger partial charge is 0.273 e. The number of hydrogen-bond acceptors (Lipinski definition) is 7. The summed E-state index contributed by atoms with van der Waals surface area (Å²) < 4.78 is -0.0533. The highest BCUT2D eigenvalue weighted by Crippen LogP contribution is 2.35. The van der Waals surface area contributed by atoms with Crippen LogP contribution in [0.4, 0.5) is 21.9 Å². The van der Waals surface area contributed by atoms with E-state index in [4.69, 9.17) is 0 Å². The molecule has 0 spiro atoms. The molecular formula is C16H20N5O7+. The van der Waals surface area contributed by atoms with E-state index in [1.807, 2.05) is 0 Å². The Morgan fingerprint density at radius 2 is 1.54 bits per heavy atom. The third kappa shape index (κ3) is 3.29. The summed E-state index contributed by atoms with van der Waals surface area (Å²) in [5.74, 6) is -1.62. The lowest BCUT2D eigenvalue weighted by atomic mass is 10.2. The Kier molecular flexibility index (Phi) is 5.73. The predicted molar refractivity (Wildman–Crippen MR) is 96.0 cm³/mol. The molecule has 0 bridgehead atoms. The second-order valence-corrected chi connectivity index (χ2v) is 6.13. The largest absolute Gasteiger partial charge is 0.383 e. The lowest BCUT2D eigenvalue weighted by molar-refractivity contribution is -1.01. The van der Waals surface area contributed by atoms with Crippen molar-refractivity contribution >= 4 is 34.9 Å². The van der Waals surface area contributed by atoms with Gasteiger partial charge in [0, 0.05) is 6.07 Å². The molecule has 4 amide bonds. The Balaban J connectivity index is 2.64. The van der Waals surface area contributed by atoms with E-state index in [0.717, 1.165) is 17.1 Å². The molecule has 1 aromatic carbocycles. The van der Waals surface area contributed by atoms with Gasteiger partial charge in [-0.05, 0) is 26.8 Å². The zero-order valence-electron chi connectivity index (χ0n) is 15.7. The van der Waals surface area contributed by atoms with Gasteiger partial charge in [0.05, 0.1) is 35.5 Å². The molecule has 1 saturated heterocycles. The minimum atomic E-state index is -1.01. The summed E-state index contributed by atoms with van der Waals surface area (Å²) in [6.07, 6.45) is -0.639. The third-order valence-electron chi connectivity index (χ3n) is 4.96. The van der Waals surface area contributed by atoms with Crippen molar-refractivity contribution in [3.63, 3.8) is 0 Å². The summed E-state index contributed by atoms with van der Waals surface area (Å²) in [5, 5.41) is 23.3. The number of amides is 4. The van der Waals surface area contributed by atoms with Gasteiger partial charge in [-0.2, -0.15) is 0 Å². The standard InChI is InChI=1S/C16H20N5O7/c1-4-21(5-2,6-3)18-15(23)10-14(22)17(16(18)24)12-8-7-11(19(25)26)9-13(12)20(27)28/h7-9H,4-6,10H2,1-3H3/q+1. The SMILES string of the molecule is CC[N+](CC)(CC)N1C(=O)CC(=O)N(c2ccc([N+](=O)[O-])cc2[N+](=O)[O-])C1=O. The molecule has 1 aromatic rings. The fourth-order valence-electron chi connectivity index (χ4n) is 3.30. The molecule has 0 aliphatic carbocycles. The minimum absolute atomic E-state index is 0.0533. The van der Waals surface area contributed by atoms with E-state index < -0.39 is 51.2 Å². The Bertz CT molecular complexity index is 857. The first-order valence-corrected chi connectivity index (χ1v) is 8.62. The molecule has 0 atom stereocenters. The molecule has 0 unspecified atom stereocenters. The van der Waals surface area contributed by atoms with Crippen LogP contribution < -0.4 is 4.90 Å². The molecule has 0 radical (unpaired) electrons. The number of barbiturate groups is 1. The van der Waals surface area contributed by atoms with Gasteiger partial charge in [-0.25, -0.2) is 14.3 Å². The van der Waals surface area contributed by atoms with Gasteiger partial charge in [0.2, 0.25) is 5.91 Å². The van der Waals surface area contributed by atoms with Crippen LogP contribution in [0.25, 0.3) is 0 Å². The Labute approximate surface area is 159 Å². The van der Waals surface area contributed by atoms with Crippen LogP contribution in [0.1, 0.15) is 27.2 Å². The molecule has 1 aliphatic heterocycles. The summed E-state index contributed by atoms with van der Waals surface area (Å²) >= 11 is 0. The number of quaternary nitrogens is 1. The van der Waals surface area contributed by atoms with Gasteiger partial charge in [0.1, 0.15) is 12.1 Å². The quantitative estimate of drug-likeness (QED) is 0.297. The molecule has 12 nitrogen and oxygen atoms in total. The van der Waals surface area contributed by atoms with Crippen LogP contribution in [-0.4, -0.2) is 56.9 Å². The first kappa shape index (κ1) is 20.9.